The van der Waals surface area contributed by atoms with Crippen molar-refractivity contribution in [1.29, 1.82) is 0 Å². The van der Waals surface area contributed by atoms with Gasteiger partial charge < -0.3 is 4.90 Å². The summed E-state index contributed by atoms with van der Waals surface area (Å²) < 4.78 is 0. The summed E-state index contributed by atoms with van der Waals surface area (Å²) in [5.41, 5.74) is 3.34. The number of pyridine rings is 1. The lowest BCUT2D eigenvalue weighted by atomic mass is 10.0. The molecular weight excluding hydrogens is 340 g/mol. The molecule has 0 saturated carbocycles. The van der Waals surface area contributed by atoms with Gasteiger partial charge >= 0.3 is 0 Å². The first kappa shape index (κ1) is 15.5. The van der Waals surface area contributed by atoms with E-state index in [1.807, 2.05) is 35.7 Å². The molecule has 0 fully saturated rings. The fourth-order valence-electron chi connectivity index (χ4n) is 3.70. The van der Waals surface area contributed by atoms with Gasteiger partial charge in [0.05, 0.1) is 11.6 Å². The Morgan fingerprint density at radius 2 is 2.00 bits per heavy atom. The largest absolute Gasteiger partial charge is 0.349 e. The van der Waals surface area contributed by atoms with E-state index in [4.69, 9.17) is 9.97 Å². The molecule has 4 heterocycles. The molecule has 0 N–H and O–H groups in total. The summed E-state index contributed by atoms with van der Waals surface area (Å²) in [4.78, 5) is 17.9. The van der Waals surface area contributed by atoms with E-state index >= 15 is 0 Å². The third-order valence-corrected chi connectivity index (χ3v) is 6.05. The van der Waals surface area contributed by atoms with Crippen LogP contribution in [0.5, 0.6) is 0 Å². The number of nitrogens with zero attached hydrogens (tertiary/aromatic N) is 4. The zero-order valence-electron chi connectivity index (χ0n) is 14.5. The van der Waals surface area contributed by atoms with Crippen LogP contribution in [0.15, 0.2) is 60.2 Å². The van der Waals surface area contributed by atoms with Gasteiger partial charge in [-0.25, -0.2) is 9.97 Å². The van der Waals surface area contributed by atoms with Gasteiger partial charge in [-0.3, -0.25) is 4.98 Å². The summed E-state index contributed by atoms with van der Waals surface area (Å²) in [6, 6.07) is 14.8. The van der Waals surface area contributed by atoms with Gasteiger partial charge in [-0.1, -0.05) is 12.1 Å². The van der Waals surface area contributed by atoms with E-state index < -0.39 is 0 Å². The lowest BCUT2D eigenvalue weighted by molar-refractivity contribution is 0.627. The van der Waals surface area contributed by atoms with Crippen LogP contribution in [-0.2, 0) is 6.42 Å². The molecule has 26 heavy (non-hydrogen) atoms. The van der Waals surface area contributed by atoms with Crippen LogP contribution in [0.2, 0.25) is 0 Å². The van der Waals surface area contributed by atoms with Crippen molar-refractivity contribution in [3.63, 3.8) is 0 Å². The molecule has 5 heteroatoms. The number of hydrogen-bond acceptors (Lipinski definition) is 5. The van der Waals surface area contributed by atoms with E-state index in [2.05, 4.69) is 46.5 Å². The van der Waals surface area contributed by atoms with Gasteiger partial charge in [-0.2, -0.15) is 0 Å². The Hall–Kier alpha value is -2.79. The van der Waals surface area contributed by atoms with Gasteiger partial charge in [0.15, 0.2) is 5.82 Å². The smallest absolute Gasteiger partial charge is 0.163 e. The van der Waals surface area contributed by atoms with E-state index in [0.29, 0.717) is 6.04 Å². The number of aromatic nitrogens is 3. The Morgan fingerprint density at radius 3 is 2.88 bits per heavy atom. The van der Waals surface area contributed by atoms with E-state index in [0.717, 1.165) is 41.1 Å². The molecule has 1 aliphatic rings. The summed E-state index contributed by atoms with van der Waals surface area (Å²) in [6.07, 6.45) is 4.67. The van der Waals surface area contributed by atoms with Gasteiger partial charge in [-0.05, 0) is 54.6 Å². The molecule has 4 nitrogen and oxygen atoms in total. The Morgan fingerprint density at radius 1 is 1.08 bits per heavy atom. The van der Waals surface area contributed by atoms with E-state index in [-0.39, 0.29) is 0 Å². The molecule has 4 aromatic rings. The monoisotopic (exact) mass is 358 g/mol. The first-order chi connectivity index (χ1) is 12.8. The van der Waals surface area contributed by atoms with Crippen LogP contribution >= 0.6 is 11.3 Å². The van der Waals surface area contributed by atoms with Gasteiger partial charge in [0, 0.05) is 34.8 Å². The SMILES string of the molecule is C[C@@H]1c2ccsc2CCN1c1nc(-c2cccnc2)nc2ccccc12. The van der Waals surface area contributed by atoms with Crippen LogP contribution in [0.3, 0.4) is 0 Å². The molecule has 3 aromatic heterocycles. The second-order valence-corrected chi connectivity index (χ2v) is 7.55. The van der Waals surface area contributed by atoms with Gasteiger partial charge in [0.1, 0.15) is 5.82 Å². The number of rotatable bonds is 2. The quantitative estimate of drug-likeness (QED) is 0.512. The highest BCUT2D eigenvalue weighted by Crippen LogP contribution is 2.38. The first-order valence-corrected chi connectivity index (χ1v) is 9.69. The van der Waals surface area contributed by atoms with Crippen LogP contribution in [0.25, 0.3) is 22.3 Å². The van der Waals surface area contributed by atoms with Crippen molar-refractivity contribution in [2.24, 2.45) is 0 Å². The Balaban J connectivity index is 1.70. The lowest BCUT2D eigenvalue weighted by Gasteiger charge is -2.35. The van der Waals surface area contributed by atoms with Crippen LogP contribution < -0.4 is 4.90 Å². The number of thiophene rings is 1. The summed E-state index contributed by atoms with van der Waals surface area (Å²) in [7, 11) is 0. The van der Waals surface area contributed by atoms with Crippen molar-refractivity contribution in [3.05, 3.63) is 70.7 Å². The maximum absolute atomic E-state index is 4.98. The van der Waals surface area contributed by atoms with Crippen molar-refractivity contribution >= 4 is 28.1 Å². The topological polar surface area (TPSA) is 41.9 Å². The fourth-order valence-corrected chi connectivity index (χ4v) is 4.66. The zero-order valence-corrected chi connectivity index (χ0v) is 15.3. The highest BCUT2D eigenvalue weighted by Gasteiger charge is 2.27. The summed E-state index contributed by atoms with van der Waals surface area (Å²) in [5.74, 6) is 1.74. The summed E-state index contributed by atoms with van der Waals surface area (Å²) in [5, 5.41) is 3.30. The number of anilines is 1. The van der Waals surface area contributed by atoms with Gasteiger partial charge in [0.2, 0.25) is 0 Å². The highest BCUT2D eigenvalue weighted by atomic mass is 32.1. The van der Waals surface area contributed by atoms with E-state index in [1.54, 1.807) is 6.20 Å². The number of hydrogen-bond donors (Lipinski definition) is 0. The number of fused-ring (bicyclic) bond motifs is 2. The predicted molar refractivity (Wildman–Crippen MR) is 107 cm³/mol. The van der Waals surface area contributed by atoms with Crippen LogP contribution in [0, 0.1) is 0 Å². The third-order valence-electron chi connectivity index (χ3n) is 5.05. The molecule has 0 spiro atoms. The molecule has 0 radical (unpaired) electrons. The normalized spacial score (nSPS) is 16.7. The zero-order chi connectivity index (χ0) is 17.5. The molecule has 1 aliphatic heterocycles. The van der Waals surface area contributed by atoms with Crippen molar-refractivity contribution in [2.75, 3.05) is 11.4 Å². The van der Waals surface area contributed by atoms with Crippen molar-refractivity contribution < 1.29 is 0 Å². The number of benzene rings is 1. The molecule has 1 aromatic carbocycles. The minimum Gasteiger partial charge on any atom is -0.349 e. The maximum atomic E-state index is 4.98. The van der Waals surface area contributed by atoms with Gasteiger partial charge in [-0.15, -0.1) is 11.3 Å². The van der Waals surface area contributed by atoms with Crippen LogP contribution in [0.4, 0.5) is 5.82 Å². The van der Waals surface area contributed by atoms with Gasteiger partial charge in [0.25, 0.3) is 0 Å². The molecule has 0 unspecified atom stereocenters. The first-order valence-electron chi connectivity index (χ1n) is 8.81. The molecular formula is C21H18N4S. The molecule has 128 valence electrons. The van der Waals surface area contributed by atoms with Crippen molar-refractivity contribution in [2.45, 2.75) is 19.4 Å². The Bertz CT molecular complexity index is 1070. The fraction of sp³-hybridized carbons (Fsp3) is 0.190. The van der Waals surface area contributed by atoms with Crippen LogP contribution in [-0.4, -0.2) is 21.5 Å². The molecule has 0 aliphatic carbocycles. The van der Waals surface area contributed by atoms with Crippen molar-refractivity contribution in [3.8, 4) is 11.4 Å². The third kappa shape index (κ3) is 2.47. The molecule has 0 saturated heterocycles. The van der Waals surface area contributed by atoms with Crippen LogP contribution in [0.1, 0.15) is 23.4 Å². The summed E-state index contributed by atoms with van der Waals surface area (Å²) >= 11 is 1.86. The average Bonchev–Trinajstić information content (AvgIpc) is 3.18. The highest BCUT2D eigenvalue weighted by molar-refractivity contribution is 7.10. The summed E-state index contributed by atoms with van der Waals surface area (Å²) in [6.45, 7) is 3.24. The van der Waals surface area contributed by atoms with Crippen molar-refractivity contribution in [1.82, 2.24) is 15.0 Å². The molecule has 0 bridgehead atoms. The molecule has 0 amide bonds. The van der Waals surface area contributed by atoms with E-state index in [1.165, 1.54) is 10.4 Å². The Kier molecular flexibility index (Phi) is 3.68. The second kappa shape index (κ2) is 6.18. The molecule has 5 rings (SSSR count). The molecule has 1 atom stereocenters. The minimum atomic E-state index is 0.310. The predicted octanol–water partition coefficient (Wildman–Crippen LogP) is 4.88. The minimum absolute atomic E-state index is 0.310. The number of para-hydroxylation sites is 1. The standard InChI is InChI=1S/C21H18N4S/c1-14-16-9-12-26-19(16)8-11-25(14)21-17-6-2-3-7-18(17)23-20(24-21)15-5-4-10-22-13-15/h2-7,9-10,12-14H,8,11H2,1H3/t14-/m1/s1. The second-order valence-electron chi connectivity index (χ2n) is 6.55. The lowest BCUT2D eigenvalue weighted by Crippen LogP contribution is -2.34. The van der Waals surface area contributed by atoms with E-state index in [9.17, 15) is 0 Å². The average molecular weight is 358 g/mol. The Labute approximate surface area is 156 Å². The maximum Gasteiger partial charge on any atom is 0.163 e.